The van der Waals surface area contributed by atoms with Crippen molar-refractivity contribution in [3.8, 4) is 0 Å². The predicted octanol–water partition coefficient (Wildman–Crippen LogP) is 4.78. The number of halogens is 1. The number of anilines is 1. The number of rotatable bonds is 4. The van der Waals surface area contributed by atoms with Gasteiger partial charge in [-0.3, -0.25) is 0 Å². The number of nitrogens with zero attached hydrogens (tertiary/aromatic N) is 1. The van der Waals surface area contributed by atoms with Gasteiger partial charge in [0.1, 0.15) is 0 Å². The lowest BCUT2D eigenvalue weighted by atomic mass is 10.1. The Balaban J connectivity index is 2.23. The summed E-state index contributed by atoms with van der Waals surface area (Å²) >= 11 is 3.61. The van der Waals surface area contributed by atoms with Crippen molar-refractivity contribution in [1.29, 1.82) is 0 Å². The van der Waals surface area contributed by atoms with Gasteiger partial charge in [-0.2, -0.15) is 0 Å². The van der Waals surface area contributed by atoms with Crippen LogP contribution >= 0.6 is 15.9 Å². The molecule has 0 aliphatic heterocycles. The molecule has 0 aromatic heterocycles. The second-order valence-corrected chi connectivity index (χ2v) is 5.30. The fraction of sp³-hybridized carbons (Fsp3) is 0.250. The van der Waals surface area contributed by atoms with Gasteiger partial charge in [-0.15, -0.1) is 0 Å². The van der Waals surface area contributed by atoms with Crippen molar-refractivity contribution in [2.75, 3.05) is 11.4 Å². The molecular formula is C16H18BrN. The van der Waals surface area contributed by atoms with Crippen LogP contribution in [-0.2, 0) is 6.54 Å². The maximum atomic E-state index is 3.61. The topological polar surface area (TPSA) is 3.24 Å². The lowest BCUT2D eigenvalue weighted by Gasteiger charge is -2.24. The Labute approximate surface area is 118 Å². The van der Waals surface area contributed by atoms with Crippen LogP contribution in [0.2, 0.25) is 0 Å². The largest absolute Gasteiger partial charge is 0.367 e. The quantitative estimate of drug-likeness (QED) is 0.785. The van der Waals surface area contributed by atoms with Crippen molar-refractivity contribution in [2.24, 2.45) is 0 Å². The molecule has 0 radical (unpaired) electrons. The fourth-order valence-corrected chi connectivity index (χ4v) is 2.45. The Morgan fingerprint density at radius 1 is 1.06 bits per heavy atom. The molecule has 0 unspecified atom stereocenters. The van der Waals surface area contributed by atoms with Crippen LogP contribution in [0.3, 0.4) is 0 Å². The zero-order valence-corrected chi connectivity index (χ0v) is 12.4. The van der Waals surface area contributed by atoms with E-state index in [0.29, 0.717) is 0 Å². The Hall–Kier alpha value is -1.28. The SMILES string of the molecule is CCN(Cc1ccccc1Br)c1cccc(C)c1. The molecular weight excluding hydrogens is 286 g/mol. The first-order chi connectivity index (χ1) is 8.70. The predicted molar refractivity (Wildman–Crippen MR) is 82.0 cm³/mol. The molecule has 2 heteroatoms. The second kappa shape index (κ2) is 6.05. The monoisotopic (exact) mass is 303 g/mol. The van der Waals surface area contributed by atoms with Gasteiger partial charge in [-0.25, -0.2) is 0 Å². The van der Waals surface area contributed by atoms with Crippen LogP contribution < -0.4 is 4.90 Å². The number of hydrogen-bond acceptors (Lipinski definition) is 1. The summed E-state index contributed by atoms with van der Waals surface area (Å²) in [6.45, 7) is 6.26. The van der Waals surface area contributed by atoms with Crippen molar-refractivity contribution in [1.82, 2.24) is 0 Å². The Morgan fingerprint density at radius 3 is 2.50 bits per heavy atom. The molecule has 0 heterocycles. The van der Waals surface area contributed by atoms with Crippen molar-refractivity contribution in [3.63, 3.8) is 0 Å². The molecule has 2 aromatic carbocycles. The highest BCUT2D eigenvalue weighted by Crippen LogP contribution is 2.22. The Kier molecular flexibility index (Phi) is 4.43. The first-order valence-electron chi connectivity index (χ1n) is 6.25. The maximum Gasteiger partial charge on any atom is 0.0440 e. The minimum Gasteiger partial charge on any atom is -0.367 e. The van der Waals surface area contributed by atoms with E-state index in [1.54, 1.807) is 0 Å². The molecule has 0 bridgehead atoms. The highest BCUT2D eigenvalue weighted by Gasteiger charge is 2.07. The van der Waals surface area contributed by atoms with E-state index in [1.807, 2.05) is 0 Å². The van der Waals surface area contributed by atoms with Gasteiger partial charge < -0.3 is 4.90 Å². The van der Waals surface area contributed by atoms with Crippen LogP contribution in [0.4, 0.5) is 5.69 Å². The van der Waals surface area contributed by atoms with Crippen LogP contribution in [0.1, 0.15) is 18.1 Å². The first kappa shape index (κ1) is 13.2. The van der Waals surface area contributed by atoms with Crippen molar-refractivity contribution in [2.45, 2.75) is 20.4 Å². The second-order valence-electron chi connectivity index (χ2n) is 4.44. The molecule has 0 saturated heterocycles. The minimum absolute atomic E-state index is 0.932. The van der Waals surface area contributed by atoms with Gasteiger partial charge in [-0.1, -0.05) is 46.3 Å². The number of hydrogen-bond donors (Lipinski definition) is 0. The molecule has 0 N–H and O–H groups in total. The van der Waals surface area contributed by atoms with Crippen LogP contribution in [0, 0.1) is 6.92 Å². The van der Waals surface area contributed by atoms with E-state index >= 15 is 0 Å². The zero-order chi connectivity index (χ0) is 13.0. The average molecular weight is 304 g/mol. The lowest BCUT2D eigenvalue weighted by Crippen LogP contribution is -2.22. The molecule has 94 valence electrons. The third kappa shape index (κ3) is 3.14. The van der Waals surface area contributed by atoms with Gasteiger partial charge in [0.15, 0.2) is 0 Å². The van der Waals surface area contributed by atoms with Crippen LogP contribution in [0.15, 0.2) is 53.0 Å². The van der Waals surface area contributed by atoms with Gasteiger partial charge in [-0.05, 0) is 43.2 Å². The summed E-state index contributed by atoms with van der Waals surface area (Å²) < 4.78 is 1.18. The number of aryl methyl sites for hydroxylation is 1. The van der Waals surface area contributed by atoms with Crippen LogP contribution in [0.5, 0.6) is 0 Å². The molecule has 1 nitrogen and oxygen atoms in total. The van der Waals surface area contributed by atoms with Gasteiger partial charge in [0.05, 0.1) is 0 Å². The van der Waals surface area contributed by atoms with Crippen molar-refractivity contribution in [3.05, 3.63) is 64.1 Å². The van der Waals surface area contributed by atoms with E-state index in [0.717, 1.165) is 13.1 Å². The van der Waals surface area contributed by atoms with Crippen molar-refractivity contribution >= 4 is 21.6 Å². The zero-order valence-electron chi connectivity index (χ0n) is 10.9. The molecule has 0 aliphatic rings. The minimum atomic E-state index is 0.932. The summed E-state index contributed by atoms with van der Waals surface area (Å²) in [6.07, 6.45) is 0. The average Bonchev–Trinajstić information content (AvgIpc) is 2.38. The van der Waals surface area contributed by atoms with Gasteiger partial charge >= 0.3 is 0 Å². The fourth-order valence-electron chi connectivity index (χ4n) is 2.04. The normalized spacial score (nSPS) is 10.4. The van der Waals surface area contributed by atoms with E-state index in [1.165, 1.54) is 21.3 Å². The third-order valence-corrected chi connectivity index (χ3v) is 3.84. The molecule has 0 saturated carbocycles. The molecule has 0 fully saturated rings. The highest BCUT2D eigenvalue weighted by atomic mass is 79.9. The van der Waals surface area contributed by atoms with E-state index in [-0.39, 0.29) is 0 Å². The summed E-state index contributed by atoms with van der Waals surface area (Å²) in [5.41, 5.74) is 3.91. The van der Waals surface area contributed by atoms with Crippen LogP contribution in [-0.4, -0.2) is 6.54 Å². The summed E-state index contributed by atoms with van der Waals surface area (Å²) in [7, 11) is 0. The number of benzene rings is 2. The Bertz CT molecular complexity index is 522. The van der Waals surface area contributed by atoms with E-state index in [2.05, 4.69) is 83.2 Å². The molecule has 0 atom stereocenters. The molecule has 18 heavy (non-hydrogen) atoms. The first-order valence-corrected chi connectivity index (χ1v) is 7.05. The van der Waals surface area contributed by atoms with Gasteiger partial charge in [0.2, 0.25) is 0 Å². The summed E-state index contributed by atoms with van der Waals surface area (Å²) in [4.78, 5) is 2.38. The van der Waals surface area contributed by atoms with E-state index < -0.39 is 0 Å². The van der Waals surface area contributed by atoms with Crippen molar-refractivity contribution < 1.29 is 0 Å². The van der Waals surface area contributed by atoms with E-state index in [9.17, 15) is 0 Å². The Morgan fingerprint density at radius 2 is 1.83 bits per heavy atom. The summed E-state index contributed by atoms with van der Waals surface area (Å²) in [6, 6.07) is 17.1. The van der Waals surface area contributed by atoms with Gasteiger partial charge in [0, 0.05) is 23.2 Å². The smallest absolute Gasteiger partial charge is 0.0440 e. The maximum absolute atomic E-state index is 3.61. The third-order valence-electron chi connectivity index (χ3n) is 3.07. The standard InChI is InChI=1S/C16H18BrN/c1-3-18(15-9-6-7-13(2)11-15)12-14-8-4-5-10-16(14)17/h4-11H,3,12H2,1-2H3. The molecule has 0 aliphatic carbocycles. The highest BCUT2D eigenvalue weighted by molar-refractivity contribution is 9.10. The summed E-state index contributed by atoms with van der Waals surface area (Å²) in [5, 5.41) is 0. The molecule has 0 spiro atoms. The van der Waals surface area contributed by atoms with E-state index in [4.69, 9.17) is 0 Å². The molecule has 0 amide bonds. The molecule has 2 rings (SSSR count). The lowest BCUT2D eigenvalue weighted by molar-refractivity contribution is 0.828. The molecule has 2 aromatic rings. The van der Waals surface area contributed by atoms with Gasteiger partial charge in [0.25, 0.3) is 0 Å². The van der Waals surface area contributed by atoms with Crippen LogP contribution in [0.25, 0.3) is 0 Å². The summed E-state index contributed by atoms with van der Waals surface area (Å²) in [5.74, 6) is 0.